The molecule has 1 aromatic carbocycles. The van der Waals surface area contributed by atoms with Crippen LogP contribution >= 0.6 is 0 Å². The molecule has 1 aliphatic heterocycles. The Hall–Kier alpha value is -1.74. The van der Waals surface area contributed by atoms with Crippen LogP contribution in [0.15, 0.2) is 18.2 Å². The van der Waals surface area contributed by atoms with Crippen LogP contribution in [0.1, 0.15) is 18.9 Å². The molecule has 0 saturated carbocycles. The molecular weight excluding hydrogens is 250 g/mol. The van der Waals surface area contributed by atoms with Crippen LogP contribution < -0.4 is 11.1 Å². The Labute approximate surface area is 107 Å². The van der Waals surface area contributed by atoms with Crippen LogP contribution in [-0.2, 0) is 9.84 Å². The van der Waals surface area contributed by atoms with Gasteiger partial charge in [-0.25, -0.2) is 8.42 Å². The van der Waals surface area contributed by atoms with E-state index in [1.165, 1.54) is 0 Å². The summed E-state index contributed by atoms with van der Waals surface area (Å²) in [7, 11) is -2.97. The molecule has 1 heterocycles. The summed E-state index contributed by atoms with van der Waals surface area (Å²) in [6.07, 6.45) is 0.547. The molecule has 2 rings (SSSR count). The molecule has 0 amide bonds. The molecule has 0 aromatic heterocycles. The van der Waals surface area contributed by atoms with E-state index in [-0.39, 0.29) is 11.5 Å². The molecule has 0 radical (unpaired) electrons. The first kappa shape index (κ1) is 12.7. The zero-order chi connectivity index (χ0) is 13.4. The van der Waals surface area contributed by atoms with Crippen molar-refractivity contribution in [2.45, 2.75) is 18.9 Å². The van der Waals surface area contributed by atoms with Crippen molar-refractivity contribution in [1.29, 1.82) is 5.26 Å². The van der Waals surface area contributed by atoms with Gasteiger partial charge < -0.3 is 11.1 Å². The highest BCUT2D eigenvalue weighted by atomic mass is 32.2. The van der Waals surface area contributed by atoms with Gasteiger partial charge in [-0.2, -0.15) is 5.26 Å². The monoisotopic (exact) mass is 265 g/mol. The summed E-state index contributed by atoms with van der Waals surface area (Å²) in [5, 5.41) is 12.0. The molecule has 96 valence electrons. The molecule has 0 aliphatic carbocycles. The fourth-order valence-electron chi connectivity index (χ4n) is 2.17. The third-order valence-electron chi connectivity index (χ3n) is 3.12. The summed E-state index contributed by atoms with van der Waals surface area (Å²) in [5.74, 6) is 0.282. The van der Waals surface area contributed by atoms with Gasteiger partial charge in [0.2, 0.25) is 0 Å². The number of nitrogen functional groups attached to an aromatic ring is 1. The highest BCUT2D eigenvalue weighted by Crippen LogP contribution is 2.30. The molecular formula is C12H15N3O2S. The lowest BCUT2D eigenvalue weighted by atomic mass is 10.0. The maximum absolute atomic E-state index is 11.5. The van der Waals surface area contributed by atoms with Crippen LogP contribution in [0.2, 0.25) is 0 Å². The van der Waals surface area contributed by atoms with E-state index in [2.05, 4.69) is 5.32 Å². The summed E-state index contributed by atoms with van der Waals surface area (Å²) < 4.78 is 23.0. The van der Waals surface area contributed by atoms with E-state index in [1.54, 1.807) is 18.2 Å². The van der Waals surface area contributed by atoms with Gasteiger partial charge in [-0.3, -0.25) is 0 Å². The Bertz CT molecular complexity index is 619. The predicted molar refractivity (Wildman–Crippen MR) is 70.9 cm³/mol. The second kappa shape index (κ2) is 4.18. The summed E-state index contributed by atoms with van der Waals surface area (Å²) in [4.78, 5) is 0. The van der Waals surface area contributed by atoms with Gasteiger partial charge in [0.1, 0.15) is 0 Å². The van der Waals surface area contributed by atoms with E-state index < -0.39 is 15.4 Å². The normalized spacial score (nSPS) is 25.6. The number of nitrogens with two attached hydrogens (primary N) is 1. The number of hydrogen-bond acceptors (Lipinski definition) is 5. The first-order valence-electron chi connectivity index (χ1n) is 5.62. The van der Waals surface area contributed by atoms with Crippen LogP contribution in [0, 0.1) is 11.3 Å². The molecule has 1 unspecified atom stereocenters. The number of benzene rings is 1. The average molecular weight is 265 g/mol. The van der Waals surface area contributed by atoms with E-state index >= 15 is 0 Å². The molecule has 1 fully saturated rings. The number of sulfone groups is 1. The first-order chi connectivity index (χ1) is 8.34. The Morgan fingerprint density at radius 3 is 2.78 bits per heavy atom. The largest absolute Gasteiger partial charge is 0.397 e. The fraction of sp³-hybridized carbons (Fsp3) is 0.417. The standard InChI is InChI=1S/C12H15N3O2S/c1-12(4-5-18(16,17)8-12)15-11-6-9(7-13)2-3-10(11)14/h2-3,6,15H,4-5,8,14H2,1H3. The maximum Gasteiger partial charge on any atom is 0.152 e. The maximum atomic E-state index is 11.5. The number of anilines is 2. The van der Waals surface area contributed by atoms with Crippen LogP contribution in [0.3, 0.4) is 0 Å². The van der Waals surface area contributed by atoms with Crippen molar-refractivity contribution in [3.05, 3.63) is 23.8 Å². The number of rotatable bonds is 2. The van der Waals surface area contributed by atoms with Gasteiger partial charge in [0.25, 0.3) is 0 Å². The van der Waals surface area contributed by atoms with Crippen molar-refractivity contribution in [3.8, 4) is 6.07 Å². The van der Waals surface area contributed by atoms with Crippen molar-refractivity contribution in [2.75, 3.05) is 22.6 Å². The molecule has 5 nitrogen and oxygen atoms in total. The van der Waals surface area contributed by atoms with Crippen molar-refractivity contribution in [1.82, 2.24) is 0 Å². The van der Waals surface area contributed by atoms with Crippen molar-refractivity contribution < 1.29 is 8.42 Å². The van der Waals surface area contributed by atoms with Crippen molar-refractivity contribution >= 4 is 21.2 Å². The molecule has 1 aromatic rings. The van der Waals surface area contributed by atoms with E-state index in [1.807, 2.05) is 13.0 Å². The number of nitriles is 1. The van der Waals surface area contributed by atoms with Gasteiger partial charge >= 0.3 is 0 Å². The van der Waals surface area contributed by atoms with Crippen molar-refractivity contribution in [2.24, 2.45) is 0 Å². The minimum atomic E-state index is -2.97. The molecule has 1 atom stereocenters. The fourth-order valence-corrected chi connectivity index (χ4v) is 4.26. The lowest BCUT2D eigenvalue weighted by molar-refractivity contribution is 0.574. The predicted octanol–water partition coefficient (Wildman–Crippen LogP) is 1.13. The van der Waals surface area contributed by atoms with Crippen LogP contribution in [0.4, 0.5) is 11.4 Å². The lowest BCUT2D eigenvalue weighted by Gasteiger charge is -2.26. The van der Waals surface area contributed by atoms with Gasteiger partial charge in [-0.15, -0.1) is 0 Å². The van der Waals surface area contributed by atoms with E-state index in [4.69, 9.17) is 11.0 Å². The summed E-state index contributed by atoms with van der Waals surface area (Å²) >= 11 is 0. The quantitative estimate of drug-likeness (QED) is 0.781. The van der Waals surface area contributed by atoms with Gasteiger partial charge in [0.05, 0.1) is 34.5 Å². The number of nitrogens with zero attached hydrogens (tertiary/aromatic N) is 1. The minimum absolute atomic E-state index is 0.0935. The molecule has 18 heavy (non-hydrogen) atoms. The topological polar surface area (TPSA) is 96.0 Å². The first-order valence-corrected chi connectivity index (χ1v) is 7.44. The van der Waals surface area contributed by atoms with Gasteiger partial charge in [-0.1, -0.05) is 0 Å². The van der Waals surface area contributed by atoms with Gasteiger partial charge in [-0.05, 0) is 31.5 Å². The molecule has 3 N–H and O–H groups in total. The Morgan fingerprint density at radius 1 is 1.50 bits per heavy atom. The molecule has 1 aliphatic rings. The Morgan fingerprint density at radius 2 is 2.22 bits per heavy atom. The third-order valence-corrected chi connectivity index (χ3v) is 5.03. The number of nitrogens with one attached hydrogen (secondary N) is 1. The van der Waals surface area contributed by atoms with E-state index in [0.717, 1.165) is 0 Å². The summed E-state index contributed by atoms with van der Waals surface area (Å²) in [6.45, 7) is 1.86. The Kier molecular flexibility index (Phi) is 2.95. The van der Waals surface area contributed by atoms with E-state index in [9.17, 15) is 8.42 Å². The molecule has 0 spiro atoms. The third kappa shape index (κ3) is 2.57. The molecule has 6 heteroatoms. The SMILES string of the molecule is CC1(Nc2cc(C#N)ccc2N)CCS(=O)(=O)C1. The highest BCUT2D eigenvalue weighted by Gasteiger charge is 2.38. The lowest BCUT2D eigenvalue weighted by Crippen LogP contribution is -2.36. The average Bonchev–Trinajstić information content (AvgIpc) is 2.56. The Balaban J connectivity index is 2.27. The zero-order valence-electron chi connectivity index (χ0n) is 10.1. The highest BCUT2D eigenvalue weighted by molar-refractivity contribution is 7.91. The second-order valence-corrected chi connectivity index (χ2v) is 7.13. The smallest absolute Gasteiger partial charge is 0.152 e. The minimum Gasteiger partial charge on any atom is -0.397 e. The number of hydrogen-bond donors (Lipinski definition) is 2. The van der Waals surface area contributed by atoms with E-state index in [0.29, 0.717) is 23.4 Å². The second-order valence-electron chi connectivity index (χ2n) is 4.94. The zero-order valence-corrected chi connectivity index (χ0v) is 10.9. The van der Waals surface area contributed by atoms with Crippen molar-refractivity contribution in [3.63, 3.8) is 0 Å². The molecule has 1 saturated heterocycles. The van der Waals surface area contributed by atoms with Crippen LogP contribution in [-0.4, -0.2) is 25.5 Å². The van der Waals surface area contributed by atoms with Crippen LogP contribution in [0.25, 0.3) is 0 Å². The van der Waals surface area contributed by atoms with Gasteiger partial charge in [0, 0.05) is 5.54 Å². The van der Waals surface area contributed by atoms with Gasteiger partial charge in [0.15, 0.2) is 9.84 Å². The summed E-state index contributed by atoms with van der Waals surface area (Å²) in [5.41, 5.74) is 6.94. The van der Waals surface area contributed by atoms with Crippen LogP contribution in [0.5, 0.6) is 0 Å². The molecule has 0 bridgehead atoms. The summed E-state index contributed by atoms with van der Waals surface area (Å²) in [6, 6.07) is 6.96.